The van der Waals surface area contributed by atoms with E-state index in [4.69, 9.17) is 33.2 Å². The van der Waals surface area contributed by atoms with Crippen molar-refractivity contribution in [2.24, 2.45) is 0 Å². The van der Waals surface area contributed by atoms with Crippen molar-refractivity contribution >= 4 is 29.0 Å². The minimum atomic E-state index is -0.460. The van der Waals surface area contributed by atoms with E-state index in [0.717, 1.165) is 0 Å². The summed E-state index contributed by atoms with van der Waals surface area (Å²) in [4.78, 5) is 9.69. The van der Waals surface area contributed by atoms with Crippen molar-refractivity contribution in [2.45, 2.75) is 6.10 Å². The number of nitriles is 1. The van der Waals surface area contributed by atoms with Gasteiger partial charge in [-0.2, -0.15) is 10.2 Å². The normalized spacial score (nSPS) is 20.6. The van der Waals surface area contributed by atoms with E-state index >= 15 is 0 Å². The fraction of sp³-hybridized carbons (Fsp3) is 0.444. The Bertz CT molecular complexity index is 434. The molecule has 1 aliphatic rings. The highest BCUT2D eigenvalue weighted by Gasteiger charge is 2.23. The van der Waals surface area contributed by atoms with Crippen molar-refractivity contribution in [3.8, 4) is 6.07 Å². The van der Waals surface area contributed by atoms with Crippen LogP contribution in [-0.2, 0) is 4.74 Å². The number of hydrogen-bond acceptors (Lipinski definition) is 5. The van der Waals surface area contributed by atoms with Crippen LogP contribution in [0.1, 0.15) is 0 Å². The predicted molar refractivity (Wildman–Crippen MR) is 59.6 cm³/mol. The zero-order valence-electron chi connectivity index (χ0n) is 8.23. The number of aromatic nitrogens is 2. The van der Waals surface area contributed by atoms with Crippen LogP contribution in [0.4, 0.5) is 5.82 Å². The maximum absolute atomic E-state index is 8.79. The SMILES string of the molecule is N#CC1CN(c2nc(Cl)ncc2Cl)CCO1. The number of ether oxygens (including phenoxy) is 1. The van der Waals surface area contributed by atoms with Gasteiger partial charge in [-0.15, -0.1) is 0 Å². The summed E-state index contributed by atoms with van der Waals surface area (Å²) in [7, 11) is 0. The molecule has 0 saturated carbocycles. The molecule has 0 N–H and O–H groups in total. The minimum Gasteiger partial charge on any atom is -0.360 e. The molecular formula is C9H8Cl2N4O. The third-order valence-corrected chi connectivity index (χ3v) is 2.65. The van der Waals surface area contributed by atoms with Crippen LogP contribution in [0.15, 0.2) is 6.20 Å². The maximum Gasteiger partial charge on any atom is 0.224 e. The lowest BCUT2D eigenvalue weighted by atomic mass is 10.3. The molecule has 1 aromatic rings. The van der Waals surface area contributed by atoms with Gasteiger partial charge in [0.15, 0.2) is 11.9 Å². The Hall–Kier alpha value is -1.09. The van der Waals surface area contributed by atoms with Crippen LogP contribution < -0.4 is 4.90 Å². The monoisotopic (exact) mass is 258 g/mol. The van der Waals surface area contributed by atoms with Crippen molar-refractivity contribution in [1.82, 2.24) is 9.97 Å². The Balaban J connectivity index is 2.23. The molecule has 1 saturated heterocycles. The van der Waals surface area contributed by atoms with Crippen molar-refractivity contribution < 1.29 is 4.74 Å². The van der Waals surface area contributed by atoms with Gasteiger partial charge in [0.05, 0.1) is 25.4 Å². The third-order valence-electron chi connectivity index (χ3n) is 2.21. The molecule has 0 amide bonds. The number of morpholine rings is 1. The molecule has 16 heavy (non-hydrogen) atoms. The molecular weight excluding hydrogens is 251 g/mol. The smallest absolute Gasteiger partial charge is 0.224 e. The highest BCUT2D eigenvalue weighted by Crippen LogP contribution is 2.25. The van der Waals surface area contributed by atoms with Crippen LogP contribution in [-0.4, -0.2) is 35.8 Å². The van der Waals surface area contributed by atoms with Gasteiger partial charge in [0.2, 0.25) is 5.28 Å². The first kappa shape index (κ1) is 11.4. The van der Waals surface area contributed by atoms with E-state index in [2.05, 4.69) is 16.0 Å². The summed E-state index contributed by atoms with van der Waals surface area (Å²) in [5.41, 5.74) is 0. The molecule has 2 rings (SSSR count). The summed E-state index contributed by atoms with van der Waals surface area (Å²) >= 11 is 11.7. The van der Waals surface area contributed by atoms with Crippen LogP contribution in [0.2, 0.25) is 10.3 Å². The molecule has 5 nitrogen and oxygen atoms in total. The molecule has 84 valence electrons. The summed E-state index contributed by atoms with van der Waals surface area (Å²) in [6, 6.07) is 2.05. The zero-order valence-corrected chi connectivity index (χ0v) is 9.74. The van der Waals surface area contributed by atoms with Crippen molar-refractivity contribution in [3.05, 3.63) is 16.5 Å². The summed E-state index contributed by atoms with van der Waals surface area (Å²) in [5, 5.41) is 9.34. The van der Waals surface area contributed by atoms with E-state index in [1.807, 2.05) is 4.90 Å². The fourth-order valence-electron chi connectivity index (χ4n) is 1.48. The molecule has 0 aliphatic carbocycles. The van der Waals surface area contributed by atoms with Crippen molar-refractivity contribution in [1.29, 1.82) is 5.26 Å². The van der Waals surface area contributed by atoms with E-state index in [9.17, 15) is 0 Å². The van der Waals surface area contributed by atoms with Crippen molar-refractivity contribution in [2.75, 3.05) is 24.6 Å². The van der Waals surface area contributed by atoms with Gasteiger partial charge in [0.25, 0.3) is 0 Å². The topological polar surface area (TPSA) is 62.0 Å². The Kier molecular flexibility index (Phi) is 3.44. The lowest BCUT2D eigenvalue weighted by Crippen LogP contribution is -2.42. The predicted octanol–water partition coefficient (Wildman–Crippen LogP) is 1.51. The highest BCUT2D eigenvalue weighted by atomic mass is 35.5. The van der Waals surface area contributed by atoms with Crippen LogP contribution >= 0.6 is 23.2 Å². The van der Waals surface area contributed by atoms with Crippen LogP contribution in [0.3, 0.4) is 0 Å². The molecule has 7 heteroatoms. The molecule has 1 unspecified atom stereocenters. The minimum absolute atomic E-state index is 0.138. The van der Waals surface area contributed by atoms with Crippen LogP contribution in [0, 0.1) is 11.3 Å². The molecule has 2 heterocycles. The summed E-state index contributed by atoms with van der Waals surface area (Å²) in [5.74, 6) is 0.546. The van der Waals surface area contributed by atoms with E-state index in [1.165, 1.54) is 6.20 Å². The summed E-state index contributed by atoms with van der Waals surface area (Å²) in [6.45, 7) is 1.53. The van der Waals surface area contributed by atoms with E-state index in [0.29, 0.717) is 30.5 Å². The van der Waals surface area contributed by atoms with Gasteiger partial charge in [0, 0.05) is 6.54 Å². The van der Waals surface area contributed by atoms with Crippen LogP contribution in [0.5, 0.6) is 0 Å². The first-order valence-electron chi connectivity index (χ1n) is 4.65. The number of anilines is 1. The first-order chi connectivity index (χ1) is 7.70. The average molecular weight is 259 g/mol. The number of hydrogen-bond donors (Lipinski definition) is 0. The average Bonchev–Trinajstić information content (AvgIpc) is 2.32. The molecule has 0 bridgehead atoms. The van der Waals surface area contributed by atoms with Gasteiger partial charge in [-0.1, -0.05) is 11.6 Å². The molecule has 0 aromatic carbocycles. The Morgan fingerprint density at radius 2 is 2.38 bits per heavy atom. The van der Waals surface area contributed by atoms with Gasteiger partial charge >= 0.3 is 0 Å². The quantitative estimate of drug-likeness (QED) is 0.715. The Morgan fingerprint density at radius 3 is 3.12 bits per heavy atom. The third kappa shape index (κ3) is 2.35. The van der Waals surface area contributed by atoms with Crippen molar-refractivity contribution in [3.63, 3.8) is 0 Å². The number of halogens is 2. The second-order valence-electron chi connectivity index (χ2n) is 3.25. The van der Waals surface area contributed by atoms with Gasteiger partial charge in [-0.25, -0.2) is 4.98 Å². The van der Waals surface area contributed by atoms with Gasteiger partial charge in [-0.05, 0) is 11.6 Å². The fourth-order valence-corrected chi connectivity index (χ4v) is 1.82. The second-order valence-corrected chi connectivity index (χ2v) is 3.99. The Labute approximate surface area is 103 Å². The highest BCUT2D eigenvalue weighted by molar-refractivity contribution is 6.33. The molecule has 0 spiro atoms. The van der Waals surface area contributed by atoms with E-state index < -0.39 is 6.10 Å². The largest absolute Gasteiger partial charge is 0.360 e. The lowest BCUT2D eigenvalue weighted by molar-refractivity contribution is 0.0761. The molecule has 1 atom stereocenters. The zero-order chi connectivity index (χ0) is 11.5. The molecule has 1 aromatic heterocycles. The second kappa shape index (κ2) is 4.83. The maximum atomic E-state index is 8.79. The molecule has 1 aliphatic heterocycles. The van der Waals surface area contributed by atoms with Gasteiger partial charge in [-0.3, -0.25) is 0 Å². The summed E-state index contributed by atoms with van der Waals surface area (Å²) in [6.07, 6.45) is 0.988. The standard InChI is InChI=1S/C9H8Cl2N4O/c10-7-4-13-9(11)14-8(7)15-1-2-16-6(3-12)5-15/h4,6H,1-2,5H2. The first-order valence-corrected chi connectivity index (χ1v) is 5.40. The van der Waals surface area contributed by atoms with Gasteiger partial charge in [0.1, 0.15) is 5.02 Å². The molecule has 1 fully saturated rings. The Morgan fingerprint density at radius 1 is 1.56 bits per heavy atom. The van der Waals surface area contributed by atoms with E-state index in [1.54, 1.807) is 0 Å². The van der Waals surface area contributed by atoms with Crippen LogP contribution in [0.25, 0.3) is 0 Å². The number of rotatable bonds is 1. The van der Waals surface area contributed by atoms with E-state index in [-0.39, 0.29) is 5.28 Å². The van der Waals surface area contributed by atoms with Gasteiger partial charge < -0.3 is 9.64 Å². The lowest BCUT2D eigenvalue weighted by Gasteiger charge is -2.30. The molecule has 0 radical (unpaired) electrons. The number of nitrogens with zero attached hydrogens (tertiary/aromatic N) is 4. The summed E-state index contributed by atoms with van der Waals surface area (Å²) < 4.78 is 5.23.